The van der Waals surface area contributed by atoms with E-state index in [1.807, 2.05) is 0 Å². The summed E-state index contributed by atoms with van der Waals surface area (Å²) in [4.78, 5) is 38.1. The Morgan fingerprint density at radius 2 is 0.525 bits per heavy atom. The van der Waals surface area contributed by atoms with Gasteiger partial charge in [0.25, 0.3) is 0 Å². The van der Waals surface area contributed by atoms with Crippen molar-refractivity contribution < 1.29 is 47.3 Å². The largest absolute Gasteiger partial charge is 0.466 e. The average molecular weight is 1130 g/mol. The summed E-state index contributed by atoms with van der Waals surface area (Å²) in [6, 6.07) is 0. The molecule has 0 aliphatic carbocycles. The zero-order chi connectivity index (χ0) is 58.4. The normalized spacial score (nSPS) is 13.1. The van der Waals surface area contributed by atoms with Gasteiger partial charge >= 0.3 is 17.9 Å². The smallest absolute Gasteiger partial charge is 0.308 e. The Labute approximate surface area is 493 Å². The molecule has 0 radical (unpaired) electrons. The number of allylic oxidation sites excluding steroid dienone is 12. The van der Waals surface area contributed by atoms with Crippen LogP contribution < -0.4 is 0 Å². The van der Waals surface area contributed by atoms with E-state index in [1.54, 1.807) is 0 Å². The standard InChI is InChI=1S/C70H126NO9/c1-7-10-13-16-19-22-25-28-31-34-37-40-43-46-49-52-58-78-67(72)55-61-75-64-70(71(4,5)6,65-76-62-56-68(73)79-59-53-50-47-44-41-38-35-32-29-26-23-20-17-14-11-8-2)66-77-63-57-69(74)80-60-54-51-48-45-42-39-36-33-30-27-24-21-18-15-12-9-3/h19-24,28-33H,7-18,25-27,34-66H2,1-6H3/q+1/b22-19-,23-20?,24-21?,31-28-,32-29?,33-30?. The summed E-state index contributed by atoms with van der Waals surface area (Å²) in [5, 5.41) is 0. The van der Waals surface area contributed by atoms with Crippen molar-refractivity contribution in [2.45, 2.75) is 277 Å². The van der Waals surface area contributed by atoms with E-state index in [-0.39, 0.29) is 76.8 Å². The lowest BCUT2D eigenvalue weighted by Crippen LogP contribution is -2.65. The van der Waals surface area contributed by atoms with Crippen molar-refractivity contribution >= 4 is 17.9 Å². The molecule has 0 heterocycles. The summed E-state index contributed by atoms with van der Waals surface area (Å²) in [7, 11) is 6.17. The third-order valence-corrected chi connectivity index (χ3v) is 14.7. The van der Waals surface area contributed by atoms with Crippen LogP contribution in [0.25, 0.3) is 0 Å². The third kappa shape index (κ3) is 54.0. The third-order valence-electron chi connectivity index (χ3n) is 14.7. The molecule has 0 N–H and O–H groups in total. The number of quaternary nitrogens is 1. The number of carbonyl (C=O) groups is 3. The maximum Gasteiger partial charge on any atom is 0.308 e. The van der Waals surface area contributed by atoms with Crippen molar-refractivity contribution in [3.63, 3.8) is 0 Å². The van der Waals surface area contributed by atoms with Gasteiger partial charge in [-0.15, -0.1) is 0 Å². The average Bonchev–Trinajstić information content (AvgIpc) is 3.47. The van der Waals surface area contributed by atoms with Gasteiger partial charge < -0.3 is 32.9 Å². The number of hydrogen-bond donors (Lipinski definition) is 0. The van der Waals surface area contributed by atoms with Crippen molar-refractivity contribution in [2.75, 3.05) is 80.6 Å². The minimum atomic E-state index is -0.693. The van der Waals surface area contributed by atoms with Gasteiger partial charge in [0.05, 0.1) is 80.0 Å². The van der Waals surface area contributed by atoms with Crippen molar-refractivity contribution in [3.05, 3.63) is 72.9 Å². The summed E-state index contributed by atoms with van der Waals surface area (Å²) in [6.07, 6.45) is 70.0. The van der Waals surface area contributed by atoms with Gasteiger partial charge in [-0.3, -0.25) is 14.4 Å². The fourth-order valence-corrected chi connectivity index (χ4v) is 9.00. The van der Waals surface area contributed by atoms with Crippen molar-refractivity contribution in [3.8, 4) is 0 Å². The molecule has 0 saturated heterocycles. The molecule has 0 aromatic rings. The van der Waals surface area contributed by atoms with Crippen molar-refractivity contribution in [1.82, 2.24) is 0 Å². The fourth-order valence-electron chi connectivity index (χ4n) is 9.00. The zero-order valence-corrected chi connectivity index (χ0v) is 53.0. The molecule has 0 spiro atoms. The molecule has 0 aromatic carbocycles. The van der Waals surface area contributed by atoms with Crippen molar-refractivity contribution in [2.24, 2.45) is 0 Å². The van der Waals surface area contributed by atoms with Gasteiger partial charge in [-0.1, -0.05) is 209 Å². The highest BCUT2D eigenvalue weighted by molar-refractivity contribution is 5.70. The maximum atomic E-state index is 12.7. The number of rotatable bonds is 61. The molecule has 0 aromatic heterocycles. The molecular formula is C70H126NO9+. The summed E-state index contributed by atoms with van der Waals surface area (Å²) in [6.45, 7) is 9.34. The summed E-state index contributed by atoms with van der Waals surface area (Å²) in [5.41, 5.74) is -0.693. The first-order chi connectivity index (χ1) is 39.1. The Balaban J connectivity index is 4.75. The van der Waals surface area contributed by atoms with E-state index in [1.165, 1.54) is 135 Å². The van der Waals surface area contributed by atoms with Crippen LogP contribution in [0.1, 0.15) is 271 Å². The molecule has 10 heteroatoms. The van der Waals surface area contributed by atoms with E-state index in [4.69, 9.17) is 28.4 Å². The molecule has 0 aliphatic rings. The number of unbranched alkanes of at least 4 members (excludes halogenated alkanes) is 27. The Kier molecular flexibility index (Phi) is 57.8. The van der Waals surface area contributed by atoms with E-state index >= 15 is 0 Å². The second-order valence-corrected chi connectivity index (χ2v) is 23.1. The molecule has 0 unspecified atom stereocenters. The zero-order valence-electron chi connectivity index (χ0n) is 53.0. The van der Waals surface area contributed by atoms with Gasteiger partial charge in [-0.2, -0.15) is 0 Å². The minimum absolute atomic E-state index is 0.152. The van der Waals surface area contributed by atoms with Crippen LogP contribution in [0.5, 0.6) is 0 Å². The van der Waals surface area contributed by atoms with E-state index < -0.39 is 5.54 Å². The predicted molar refractivity (Wildman–Crippen MR) is 338 cm³/mol. The summed E-state index contributed by atoms with van der Waals surface area (Å²) in [5.74, 6) is -0.795. The number of carbonyl (C=O) groups excluding carboxylic acids is 3. The molecule has 0 bridgehead atoms. The maximum absolute atomic E-state index is 12.7. The van der Waals surface area contributed by atoms with Crippen LogP contribution in [0.3, 0.4) is 0 Å². The van der Waals surface area contributed by atoms with Gasteiger partial charge in [0.2, 0.25) is 0 Å². The number of likely N-dealkylation sites (N-methyl/N-ethyl adjacent to an activating group) is 1. The van der Waals surface area contributed by atoms with Gasteiger partial charge in [-0.05, 0) is 116 Å². The SMILES string of the molecule is CCCCCC=CCC=CCCCCCCCCOC(=O)CCOCC(COCCC(=O)OCCCCCCCCC=CCC=CCCCCC)(COCCC(=O)OCCCCCCCC/C=C\C/C=C\CCCCC)[N+](C)(C)C. The fraction of sp³-hybridized carbons (Fsp3) is 0.786. The Morgan fingerprint density at radius 3 is 0.762 bits per heavy atom. The minimum Gasteiger partial charge on any atom is -0.466 e. The lowest BCUT2D eigenvalue weighted by molar-refractivity contribution is -0.926. The van der Waals surface area contributed by atoms with Crippen LogP contribution in [0.4, 0.5) is 0 Å². The lowest BCUT2D eigenvalue weighted by atomic mass is 9.99. The molecule has 0 atom stereocenters. The Bertz CT molecular complexity index is 1390. The van der Waals surface area contributed by atoms with Crippen LogP contribution in [0.15, 0.2) is 72.9 Å². The molecule has 0 saturated carbocycles. The molecule has 464 valence electrons. The number of esters is 3. The molecule has 0 rings (SSSR count). The van der Waals surface area contributed by atoms with Crippen LogP contribution in [-0.4, -0.2) is 109 Å². The van der Waals surface area contributed by atoms with Crippen LogP contribution in [0.2, 0.25) is 0 Å². The Hall–Kier alpha value is -3.31. The number of ether oxygens (including phenoxy) is 6. The molecule has 10 nitrogen and oxygen atoms in total. The highest BCUT2D eigenvalue weighted by atomic mass is 16.5. The van der Waals surface area contributed by atoms with Gasteiger partial charge in [0, 0.05) is 0 Å². The quantitative estimate of drug-likeness (QED) is 0.0193. The monoisotopic (exact) mass is 1120 g/mol. The number of hydrogen-bond acceptors (Lipinski definition) is 9. The first kappa shape index (κ1) is 76.7. The first-order valence-electron chi connectivity index (χ1n) is 33.0. The highest BCUT2D eigenvalue weighted by Crippen LogP contribution is 2.23. The molecule has 0 aliphatic heterocycles. The predicted octanol–water partition coefficient (Wildman–Crippen LogP) is 18.7. The van der Waals surface area contributed by atoms with Gasteiger partial charge in [0.15, 0.2) is 5.54 Å². The van der Waals surface area contributed by atoms with Crippen LogP contribution >= 0.6 is 0 Å². The first-order valence-corrected chi connectivity index (χ1v) is 33.0. The summed E-state index contributed by atoms with van der Waals surface area (Å²) < 4.78 is 35.7. The van der Waals surface area contributed by atoms with E-state index in [9.17, 15) is 14.4 Å². The van der Waals surface area contributed by atoms with Crippen molar-refractivity contribution in [1.29, 1.82) is 0 Å². The Morgan fingerprint density at radius 1 is 0.300 bits per heavy atom. The van der Waals surface area contributed by atoms with Gasteiger partial charge in [0.1, 0.15) is 19.8 Å². The molecule has 80 heavy (non-hydrogen) atoms. The molecule has 0 amide bonds. The lowest BCUT2D eigenvalue weighted by Gasteiger charge is -2.45. The van der Waals surface area contributed by atoms with Crippen LogP contribution in [0, 0.1) is 0 Å². The summed E-state index contributed by atoms with van der Waals surface area (Å²) >= 11 is 0. The second kappa shape index (κ2) is 60.3. The van der Waals surface area contributed by atoms with Crippen LogP contribution in [-0.2, 0) is 42.8 Å². The molecule has 0 fully saturated rings. The van der Waals surface area contributed by atoms with E-state index in [0.717, 1.165) is 96.3 Å². The topological polar surface area (TPSA) is 107 Å². The second-order valence-electron chi connectivity index (χ2n) is 23.1. The van der Waals surface area contributed by atoms with E-state index in [0.29, 0.717) is 24.3 Å². The van der Waals surface area contributed by atoms with Gasteiger partial charge in [-0.25, -0.2) is 0 Å². The highest BCUT2D eigenvalue weighted by Gasteiger charge is 2.44. The number of nitrogens with zero attached hydrogens (tertiary/aromatic N) is 1. The molecular weight excluding hydrogens is 999 g/mol. The van der Waals surface area contributed by atoms with E-state index in [2.05, 4.69) is 115 Å².